The van der Waals surface area contributed by atoms with Gasteiger partial charge in [-0.25, -0.2) is 0 Å². The largest absolute Gasteiger partial charge is 0.495 e. The van der Waals surface area contributed by atoms with Crippen molar-refractivity contribution in [2.75, 3.05) is 55.8 Å². The number of nitrogen functional groups attached to an aromatic ring is 1. The maximum Gasteiger partial charge on any atom is 0.279 e. The Labute approximate surface area is 148 Å². The van der Waals surface area contributed by atoms with Crippen molar-refractivity contribution < 1.29 is 14.4 Å². The average Bonchev–Trinajstić information content (AvgIpc) is 2.64. The number of quaternary nitrogens is 1. The van der Waals surface area contributed by atoms with Crippen molar-refractivity contribution >= 4 is 23.0 Å². The molecule has 1 aliphatic heterocycles. The number of benzene rings is 2. The number of amides is 1. The lowest BCUT2D eigenvalue weighted by molar-refractivity contribution is -0.892. The molecule has 0 radical (unpaired) electrons. The van der Waals surface area contributed by atoms with Gasteiger partial charge in [0, 0.05) is 11.4 Å². The first-order valence-corrected chi connectivity index (χ1v) is 8.52. The van der Waals surface area contributed by atoms with E-state index in [1.165, 1.54) is 4.90 Å². The molecule has 132 valence electrons. The van der Waals surface area contributed by atoms with Gasteiger partial charge in [0.05, 0.1) is 39.0 Å². The second-order valence-electron chi connectivity index (χ2n) is 6.26. The maximum absolute atomic E-state index is 12.2. The summed E-state index contributed by atoms with van der Waals surface area (Å²) in [6.45, 7) is 4.14. The minimum Gasteiger partial charge on any atom is -0.495 e. The molecule has 0 atom stereocenters. The van der Waals surface area contributed by atoms with Gasteiger partial charge in [0.25, 0.3) is 5.91 Å². The number of hydrogen-bond donors (Lipinski definition) is 3. The highest BCUT2D eigenvalue weighted by Crippen LogP contribution is 2.27. The molecule has 3 rings (SSSR count). The zero-order valence-electron chi connectivity index (χ0n) is 14.5. The molecule has 1 saturated heterocycles. The number of carbonyl (C=O) groups is 1. The van der Waals surface area contributed by atoms with Crippen molar-refractivity contribution in [2.24, 2.45) is 0 Å². The standard InChI is InChI=1S/C19H24N4O2/c1-25-18-5-3-2-4-17(18)23-12-10-22(11-13-23)14-19(24)21-16-8-6-15(20)7-9-16/h2-9H,10-14,20H2,1H3,(H,21,24)/p+1. The summed E-state index contributed by atoms with van der Waals surface area (Å²) < 4.78 is 5.44. The van der Waals surface area contributed by atoms with Gasteiger partial charge in [0.2, 0.25) is 0 Å². The summed E-state index contributed by atoms with van der Waals surface area (Å²) in [4.78, 5) is 15.8. The van der Waals surface area contributed by atoms with Crippen molar-refractivity contribution in [3.05, 3.63) is 48.5 Å². The van der Waals surface area contributed by atoms with Crippen molar-refractivity contribution in [1.82, 2.24) is 0 Å². The van der Waals surface area contributed by atoms with Crippen LogP contribution < -0.4 is 25.6 Å². The Kier molecular flexibility index (Phi) is 5.40. The zero-order chi connectivity index (χ0) is 17.6. The Morgan fingerprint density at radius 1 is 1.16 bits per heavy atom. The van der Waals surface area contributed by atoms with Gasteiger partial charge < -0.3 is 25.6 Å². The molecule has 2 aromatic rings. The summed E-state index contributed by atoms with van der Waals surface area (Å²) in [6.07, 6.45) is 0. The molecule has 0 unspecified atom stereocenters. The lowest BCUT2D eigenvalue weighted by Gasteiger charge is -2.34. The predicted molar refractivity (Wildman–Crippen MR) is 100 cm³/mol. The molecule has 1 fully saturated rings. The Balaban J connectivity index is 1.50. The van der Waals surface area contributed by atoms with E-state index in [-0.39, 0.29) is 5.91 Å². The lowest BCUT2D eigenvalue weighted by atomic mass is 10.2. The second-order valence-corrected chi connectivity index (χ2v) is 6.26. The maximum atomic E-state index is 12.2. The van der Waals surface area contributed by atoms with E-state index in [1.54, 1.807) is 19.2 Å². The molecule has 6 nitrogen and oxygen atoms in total. The van der Waals surface area contributed by atoms with Gasteiger partial charge in [-0.3, -0.25) is 4.79 Å². The second kappa shape index (κ2) is 7.90. The molecule has 0 saturated carbocycles. The van der Waals surface area contributed by atoms with Crippen LogP contribution in [0.4, 0.5) is 17.1 Å². The summed E-state index contributed by atoms with van der Waals surface area (Å²) in [5, 5.41) is 2.93. The third-order valence-corrected chi connectivity index (χ3v) is 4.50. The molecule has 4 N–H and O–H groups in total. The zero-order valence-corrected chi connectivity index (χ0v) is 14.5. The lowest BCUT2D eigenvalue weighted by Crippen LogP contribution is -3.15. The number of carbonyl (C=O) groups excluding carboxylic acids is 1. The molecule has 0 aromatic heterocycles. The average molecular weight is 341 g/mol. The topological polar surface area (TPSA) is 72.0 Å². The fourth-order valence-corrected chi connectivity index (χ4v) is 3.13. The van der Waals surface area contributed by atoms with Crippen LogP contribution in [0.2, 0.25) is 0 Å². The van der Waals surface area contributed by atoms with E-state index in [0.717, 1.165) is 43.3 Å². The van der Waals surface area contributed by atoms with Crippen LogP contribution in [0.15, 0.2) is 48.5 Å². The SMILES string of the molecule is COc1ccccc1N1CC[NH+](CC(=O)Nc2ccc(N)cc2)CC1. The number of ether oxygens (including phenoxy) is 1. The minimum atomic E-state index is 0.0329. The molecular formula is C19H25N4O2+. The number of nitrogens with zero attached hydrogens (tertiary/aromatic N) is 1. The number of para-hydroxylation sites is 2. The van der Waals surface area contributed by atoms with Gasteiger partial charge in [-0.15, -0.1) is 0 Å². The highest BCUT2D eigenvalue weighted by atomic mass is 16.5. The van der Waals surface area contributed by atoms with E-state index >= 15 is 0 Å². The van der Waals surface area contributed by atoms with Gasteiger partial charge in [0.1, 0.15) is 5.75 Å². The molecule has 0 aliphatic carbocycles. The minimum absolute atomic E-state index is 0.0329. The Morgan fingerprint density at radius 2 is 1.84 bits per heavy atom. The number of piperazine rings is 1. The van der Waals surface area contributed by atoms with Crippen LogP contribution >= 0.6 is 0 Å². The van der Waals surface area contributed by atoms with Crippen LogP contribution in [0, 0.1) is 0 Å². The number of hydrogen-bond acceptors (Lipinski definition) is 4. The number of rotatable bonds is 5. The first-order chi connectivity index (χ1) is 12.2. The van der Waals surface area contributed by atoms with E-state index in [9.17, 15) is 4.79 Å². The molecule has 1 amide bonds. The third-order valence-electron chi connectivity index (χ3n) is 4.50. The highest BCUT2D eigenvalue weighted by molar-refractivity contribution is 5.91. The quantitative estimate of drug-likeness (QED) is 0.697. The van der Waals surface area contributed by atoms with Gasteiger partial charge in [-0.2, -0.15) is 0 Å². The molecular weight excluding hydrogens is 316 g/mol. The fraction of sp³-hybridized carbons (Fsp3) is 0.316. The first-order valence-electron chi connectivity index (χ1n) is 8.52. The van der Waals surface area contributed by atoms with Crippen LogP contribution in [-0.2, 0) is 4.79 Å². The molecule has 0 spiro atoms. The van der Waals surface area contributed by atoms with Gasteiger partial charge in [-0.1, -0.05) is 12.1 Å². The van der Waals surface area contributed by atoms with Gasteiger partial charge >= 0.3 is 0 Å². The van der Waals surface area contributed by atoms with Crippen molar-refractivity contribution in [2.45, 2.75) is 0 Å². The van der Waals surface area contributed by atoms with Crippen LogP contribution in [-0.4, -0.2) is 45.7 Å². The van der Waals surface area contributed by atoms with Crippen LogP contribution in [0.25, 0.3) is 0 Å². The fourth-order valence-electron chi connectivity index (χ4n) is 3.13. The van der Waals surface area contributed by atoms with Gasteiger partial charge in [0.15, 0.2) is 6.54 Å². The molecule has 1 aliphatic rings. The smallest absolute Gasteiger partial charge is 0.279 e. The number of methoxy groups -OCH3 is 1. The molecule has 1 heterocycles. The van der Waals surface area contributed by atoms with Crippen LogP contribution in [0.1, 0.15) is 0 Å². The molecule has 25 heavy (non-hydrogen) atoms. The third kappa shape index (κ3) is 4.42. The highest BCUT2D eigenvalue weighted by Gasteiger charge is 2.23. The van der Waals surface area contributed by atoms with Crippen molar-refractivity contribution in [3.63, 3.8) is 0 Å². The Hall–Kier alpha value is -2.73. The van der Waals surface area contributed by atoms with E-state index in [2.05, 4.69) is 16.3 Å². The van der Waals surface area contributed by atoms with E-state index in [1.807, 2.05) is 30.3 Å². The van der Waals surface area contributed by atoms with E-state index in [0.29, 0.717) is 12.2 Å². The summed E-state index contributed by atoms with van der Waals surface area (Å²) in [5.41, 5.74) is 8.25. The number of anilines is 3. The predicted octanol–water partition coefficient (Wildman–Crippen LogP) is 0.621. The first kappa shape index (κ1) is 17.1. The van der Waals surface area contributed by atoms with E-state index in [4.69, 9.17) is 10.5 Å². The van der Waals surface area contributed by atoms with E-state index < -0.39 is 0 Å². The van der Waals surface area contributed by atoms with Gasteiger partial charge in [-0.05, 0) is 36.4 Å². The van der Waals surface area contributed by atoms with Crippen LogP contribution in [0.5, 0.6) is 5.75 Å². The van der Waals surface area contributed by atoms with Crippen molar-refractivity contribution in [3.8, 4) is 5.75 Å². The molecule has 2 aromatic carbocycles. The van der Waals surface area contributed by atoms with Crippen molar-refractivity contribution in [1.29, 1.82) is 0 Å². The summed E-state index contributed by atoms with van der Waals surface area (Å²) in [5.74, 6) is 0.928. The Bertz CT molecular complexity index is 710. The molecule has 6 heteroatoms. The summed E-state index contributed by atoms with van der Waals surface area (Å²) in [7, 11) is 1.70. The summed E-state index contributed by atoms with van der Waals surface area (Å²) >= 11 is 0. The molecule has 0 bridgehead atoms. The number of nitrogens with two attached hydrogens (primary N) is 1. The summed E-state index contributed by atoms with van der Waals surface area (Å²) in [6, 6.07) is 15.3. The normalized spacial score (nSPS) is 15.0. The Morgan fingerprint density at radius 3 is 2.52 bits per heavy atom. The number of nitrogens with one attached hydrogen (secondary N) is 2. The van der Waals surface area contributed by atoms with Crippen LogP contribution in [0.3, 0.4) is 0 Å². The monoisotopic (exact) mass is 341 g/mol.